The Morgan fingerprint density at radius 3 is 0.277 bits per heavy atom. The summed E-state index contributed by atoms with van der Waals surface area (Å²) >= 11 is 0. The van der Waals surface area contributed by atoms with Crippen molar-refractivity contribution in [3.8, 4) is 0 Å². The van der Waals surface area contributed by atoms with Crippen LogP contribution in [0.4, 0.5) is 0 Å². The van der Waals surface area contributed by atoms with Crippen LogP contribution >= 0.6 is 0 Å². The van der Waals surface area contributed by atoms with Crippen molar-refractivity contribution in [3.05, 3.63) is 0 Å². The van der Waals surface area contributed by atoms with E-state index in [1.54, 1.807) is 0 Å². The molecule has 0 radical (unpaired) electrons. The second-order valence-electron chi connectivity index (χ2n) is 41.0. The minimum Gasteiger partial charge on any atom is -0.481 e. The number of rotatable bonds is 106. The lowest BCUT2D eigenvalue weighted by molar-refractivity contribution is -0.138. The zero-order chi connectivity index (χ0) is 103. The van der Waals surface area contributed by atoms with E-state index in [0.29, 0.717) is 38.5 Å². The van der Waals surface area contributed by atoms with Crippen molar-refractivity contribution in [1.82, 2.24) is 0 Å². The van der Waals surface area contributed by atoms with Gasteiger partial charge in [0.1, 0.15) is 0 Å². The molecular formula is C118H238O19. The number of aliphatic carboxylic acids is 6. The first-order chi connectivity index (χ1) is 66.7. The first-order valence-electron chi connectivity index (χ1n) is 59.2. The Hall–Kier alpha value is -3.46. The van der Waals surface area contributed by atoms with Crippen LogP contribution in [0, 0.1) is 10.8 Å². The average Bonchev–Trinajstić information content (AvgIpc) is 0.871. The van der Waals surface area contributed by atoms with Gasteiger partial charge in [-0.2, -0.15) is 0 Å². The summed E-state index contributed by atoms with van der Waals surface area (Å²) in [4.78, 5) is 62.0. The maximum atomic E-state index is 10.3. The van der Waals surface area contributed by atoms with Crippen molar-refractivity contribution >= 4 is 35.8 Å². The van der Waals surface area contributed by atoms with E-state index in [0.717, 1.165) is 77.0 Å². The number of aliphatic hydroxyl groups is 6. The summed E-state index contributed by atoms with van der Waals surface area (Å²) in [6.45, 7) is 10.6. The highest BCUT2D eigenvalue weighted by atomic mass is 16.5. The van der Waals surface area contributed by atoms with Crippen LogP contribution in [0.1, 0.15) is 658 Å². The van der Waals surface area contributed by atoms with E-state index >= 15 is 0 Å². The van der Waals surface area contributed by atoms with Crippen LogP contribution in [0.15, 0.2) is 0 Å². The molecule has 19 nitrogen and oxygen atoms in total. The Bertz CT molecular complexity index is 1890. The standard InChI is InChI=1S/6C18H36O2.C10H22O7/c6*1-2-3-4-5-6-7-8-9-10-11-12-13-14-15-16-17-18(19)20;11-1-9(2-12,3-13)7-17-8-10(4-14,5-15)6-16/h6*2-17H2,1H3,(H,19,20);11-16H,1-8H2. The van der Waals surface area contributed by atoms with Gasteiger partial charge in [-0.3, -0.25) is 28.8 Å². The van der Waals surface area contributed by atoms with E-state index in [1.165, 1.54) is 501 Å². The molecular weight excluding hydrogens is 1720 g/mol. The van der Waals surface area contributed by atoms with Crippen molar-refractivity contribution in [2.24, 2.45) is 10.8 Å². The molecule has 12 N–H and O–H groups in total. The summed E-state index contributed by atoms with van der Waals surface area (Å²) in [7, 11) is 0. The van der Waals surface area contributed by atoms with E-state index in [1.807, 2.05) is 0 Å². The Balaban J connectivity index is -0.000000288. The van der Waals surface area contributed by atoms with Gasteiger partial charge in [-0.1, -0.05) is 581 Å². The summed E-state index contributed by atoms with van der Waals surface area (Å²) in [5.74, 6) is -3.92. The topological polar surface area (TPSA) is 354 Å². The first kappa shape index (κ1) is 147. The highest BCUT2D eigenvalue weighted by Crippen LogP contribution is 2.24. The van der Waals surface area contributed by atoms with E-state index in [4.69, 9.17) is 66.0 Å². The van der Waals surface area contributed by atoms with Crippen molar-refractivity contribution < 1.29 is 94.8 Å². The monoisotopic (exact) mass is 1960 g/mol. The third-order valence-electron chi connectivity index (χ3n) is 26.8. The summed E-state index contributed by atoms with van der Waals surface area (Å²) < 4.78 is 5.15. The first-order valence-corrected chi connectivity index (χ1v) is 59.2. The van der Waals surface area contributed by atoms with Gasteiger partial charge >= 0.3 is 35.8 Å². The fourth-order valence-corrected chi connectivity index (χ4v) is 16.9. The van der Waals surface area contributed by atoms with E-state index in [-0.39, 0.29) is 13.2 Å². The van der Waals surface area contributed by atoms with Crippen LogP contribution in [0.25, 0.3) is 0 Å². The lowest BCUT2D eigenvalue weighted by Gasteiger charge is -2.31. The number of hydrogen-bond donors (Lipinski definition) is 12. The summed E-state index contributed by atoms with van der Waals surface area (Å²) in [5, 5.41) is 105. The zero-order valence-corrected chi connectivity index (χ0v) is 91.8. The number of unbranched alkanes of at least 4 members (excludes halogenated alkanes) is 84. The molecule has 0 aliphatic rings. The van der Waals surface area contributed by atoms with Crippen molar-refractivity contribution in [2.45, 2.75) is 658 Å². The summed E-state index contributed by atoms with van der Waals surface area (Å²) in [6, 6.07) is 0. The van der Waals surface area contributed by atoms with Gasteiger partial charge in [0.05, 0.1) is 63.7 Å². The largest absolute Gasteiger partial charge is 0.481 e. The van der Waals surface area contributed by atoms with Gasteiger partial charge in [-0.25, -0.2) is 0 Å². The Labute approximate surface area is 847 Å². The van der Waals surface area contributed by atoms with Gasteiger partial charge in [0, 0.05) is 38.5 Å². The van der Waals surface area contributed by atoms with E-state index < -0.39 is 86.3 Å². The van der Waals surface area contributed by atoms with E-state index in [9.17, 15) is 28.8 Å². The molecule has 0 aliphatic heterocycles. The number of hydrogen-bond acceptors (Lipinski definition) is 13. The average molecular weight is 1960 g/mol. The van der Waals surface area contributed by atoms with Crippen molar-refractivity contribution in [3.63, 3.8) is 0 Å². The molecule has 0 heterocycles. The molecule has 0 spiro atoms. The second-order valence-corrected chi connectivity index (χ2v) is 41.0. The zero-order valence-electron chi connectivity index (χ0n) is 91.8. The van der Waals surface area contributed by atoms with Gasteiger partial charge in [-0.05, 0) is 38.5 Å². The van der Waals surface area contributed by atoms with Gasteiger partial charge in [0.2, 0.25) is 0 Å². The Morgan fingerprint density at radius 2 is 0.212 bits per heavy atom. The molecule has 137 heavy (non-hydrogen) atoms. The van der Waals surface area contributed by atoms with Crippen LogP contribution in [0.2, 0.25) is 0 Å². The normalized spacial score (nSPS) is 11.1. The molecule has 0 aromatic rings. The molecule has 0 bridgehead atoms. The predicted octanol–water partition coefficient (Wildman–Crippen LogP) is 34.9. The Kier molecular flexibility index (Phi) is 142. The van der Waals surface area contributed by atoms with Crippen LogP contribution < -0.4 is 0 Å². The van der Waals surface area contributed by atoms with Gasteiger partial charge in [-0.15, -0.1) is 0 Å². The molecule has 0 aromatic heterocycles. The lowest BCUT2D eigenvalue weighted by Crippen LogP contribution is -2.43. The third kappa shape index (κ3) is 146. The van der Waals surface area contributed by atoms with E-state index in [2.05, 4.69) is 41.5 Å². The molecule has 19 heteroatoms. The van der Waals surface area contributed by atoms with Gasteiger partial charge < -0.3 is 66.0 Å². The summed E-state index contributed by atoms with van der Waals surface area (Å²) in [6.07, 6.45) is 121. The number of carboxylic acids is 6. The highest BCUT2D eigenvalue weighted by molar-refractivity contribution is 5.68. The van der Waals surface area contributed by atoms with Crippen LogP contribution in [0.3, 0.4) is 0 Å². The molecule has 0 unspecified atom stereocenters. The van der Waals surface area contributed by atoms with Crippen LogP contribution in [-0.4, -0.2) is 150 Å². The van der Waals surface area contributed by atoms with Crippen molar-refractivity contribution in [2.75, 3.05) is 52.9 Å². The predicted molar refractivity (Wildman–Crippen MR) is 581 cm³/mol. The molecule has 0 atom stereocenters. The van der Waals surface area contributed by atoms with Crippen molar-refractivity contribution in [1.29, 1.82) is 0 Å². The molecule has 824 valence electrons. The maximum Gasteiger partial charge on any atom is 0.303 e. The molecule has 0 rings (SSSR count). The number of carboxylic acid groups (broad SMARTS) is 6. The number of carbonyl (C=O) groups is 6. The molecule has 0 saturated heterocycles. The smallest absolute Gasteiger partial charge is 0.303 e. The number of aliphatic hydroxyl groups excluding tert-OH is 6. The Morgan fingerprint density at radius 1 is 0.139 bits per heavy atom. The van der Waals surface area contributed by atoms with Gasteiger partial charge in [0.15, 0.2) is 0 Å². The maximum absolute atomic E-state index is 10.3. The van der Waals surface area contributed by atoms with Crippen LogP contribution in [-0.2, 0) is 33.5 Å². The quantitative estimate of drug-likeness (QED) is 0.0252. The fourth-order valence-electron chi connectivity index (χ4n) is 16.9. The minimum atomic E-state index is -1.16. The fraction of sp³-hybridized carbons (Fsp3) is 0.949. The van der Waals surface area contributed by atoms with Gasteiger partial charge in [0.25, 0.3) is 0 Å². The molecule has 0 amide bonds. The number of ether oxygens (including phenoxy) is 1. The molecule has 0 aliphatic carbocycles. The minimum absolute atomic E-state index is 0.141. The molecule has 0 fully saturated rings. The molecule has 0 aromatic carbocycles. The lowest BCUT2D eigenvalue weighted by atomic mass is 9.91. The SMILES string of the molecule is CCCCCCCCCCCCCCCCCC(=O)O.CCCCCCCCCCCCCCCCCC(=O)O.CCCCCCCCCCCCCCCCCC(=O)O.CCCCCCCCCCCCCCCCCC(=O)O.CCCCCCCCCCCCCCCCCC(=O)O.CCCCCCCCCCCCCCCCCC(=O)O.OCC(CO)(CO)COCC(CO)(CO)CO. The summed E-state index contributed by atoms with van der Waals surface area (Å²) in [5.41, 5.74) is -2.32. The highest BCUT2D eigenvalue weighted by Gasteiger charge is 2.33. The van der Waals surface area contributed by atoms with Crippen LogP contribution in [0.5, 0.6) is 0 Å². The molecule has 0 saturated carbocycles. The third-order valence-corrected chi connectivity index (χ3v) is 26.8. The second kappa shape index (κ2) is 133.